The molecule has 1 aromatic carbocycles. The SMILES string of the molecule is C#CCN(CC1CC1)C(=O)c1cc(C)cc(Br)c1. The van der Waals surface area contributed by atoms with Crippen molar-refractivity contribution in [3.05, 3.63) is 33.8 Å². The molecule has 0 unspecified atom stereocenters. The fraction of sp³-hybridized carbons (Fsp3) is 0.400. The summed E-state index contributed by atoms with van der Waals surface area (Å²) in [4.78, 5) is 14.2. The lowest BCUT2D eigenvalue weighted by Crippen LogP contribution is -2.33. The standard InChI is InChI=1S/C15H16BrNO/c1-3-6-17(10-12-4-5-12)15(18)13-7-11(2)8-14(16)9-13/h1,7-9,12H,4-6,10H2,2H3. The molecule has 0 spiro atoms. The summed E-state index contributed by atoms with van der Waals surface area (Å²) in [6.45, 7) is 3.16. The first-order chi connectivity index (χ1) is 8.60. The van der Waals surface area contributed by atoms with Gasteiger partial charge in [0, 0.05) is 16.6 Å². The van der Waals surface area contributed by atoms with Gasteiger partial charge in [-0.25, -0.2) is 0 Å². The number of hydrogen-bond acceptors (Lipinski definition) is 1. The van der Waals surface area contributed by atoms with E-state index in [-0.39, 0.29) is 5.91 Å². The molecule has 1 aliphatic carbocycles. The van der Waals surface area contributed by atoms with Gasteiger partial charge in [-0.3, -0.25) is 4.79 Å². The second kappa shape index (κ2) is 5.58. The van der Waals surface area contributed by atoms with E-state index in [1.165, 1.54) is 12.8 Å². The zero-order valence-corrected chi connectivity index (χ0v) is 12.0. The van der Waals surface area contributed by atoms with Crippen LogP contribution in [0.1, 0.15) is 28.8 Å². The first kappa shape index (κ1) is 13.2. The van der Waals surface area contributed by atoms with Crippen LogP contribution < -0.4 is 0 Å². The summed E-state index contributed by atoms with van der Waals surface area (Å²) in [5, 5.41) is 0. The van der Waals surface area contributed by atoms with Crippen molar-refractivity contribution >= 4 is 21.8 Å². The predicted molar refractivity (Wildman–Crippen MR) is 76.3 cm³/mol. The molecule has 0 bridgehead atoms. The van der Waals surface area contributed by atoms with E-state index in [1.54, 1.807) is 4.90 Å². The van der Waals surface area contributed by atoms with Crippen molar-refractivity contribution < 1.29 is 4.79 Å². The Labute approximate surface area is 116 Å². The number of aryl methyl sites for hydroxylation is 1. The molecule has 0 atom stereocenters. The minimum Gasteiger partial charge on any atom is -0.327 e. The van der Waals surface area contributed by atoms with Crippen LogP contribution in [-0.4, -0.2) is 23.9 Å². The van der Waals surface area contributed by atoms with E-state index in [4.69, 9.17) is 6.42 Å². The molecule has 18 heavy (non-hydrogen) atoms. The van der Waals surface area contributed by atoms with E-state index in [0.717, 1.165) is 16.6 Å². The first-order valence-corrected chi connectivity index (χ1v) is 6.89. The molecule has 1 saturated carbocycles. The summed E-state index contributed by atoms with van der Waals surface area (Å²) in [5.41, 5.74) is 1.78. The maximum absolute atomic E-state index is 12.4. The lowest BCUT2D eigenvalue weighted by molar-refractivity contribution is 0.0769. The highest BCUT2D eigenvalue weighted by molar-refractivity contribution is 9.10. The summed E-state index contributed by atoms with van der Waals surface area (Å²) >= 11 is 3.42. The first-order valence-electron chi connectivity index (χ1n) is 6.10. The maximum atomic E-state index is 12.4. The molecule has 0 aromatic heterocycles. The highest BCUT2D eigenvalue weighted by atomic mass is 79.9. The van der Waals surface area contributed by atoms with Crippen LogP contribution in [0.2, 0.25) is 0 Å². The third-order valence-corrected chi connectivity index (χ3v) is 3.49. The lowest BCUT2D eigenvalue weighted by atomic mass is 10.1. The Kier molecular flexibility index (Phi) is 4.08. The molecule has 1 aliphatic rings. The molecule has 1 fully saturated rings. The van der Waals surface area contributed by atoms with Gasteiger partial charge in [-0.2, -0.15) is 0 Å². The molecular formula is C15H16BrNO. The molecule has 2 nitrogen and oxygen atoms in total. The van der Waals surface area contributed by atoms with Gasteiger partial charge in [0.25, 0.3) is 5.91 Å². The van der Waals surface area contributed by atoms with Crippen LogP contribution in [0.3, 0.4) is 0 Å². The molecule has 2 rings (SSSR count). The number of hydrogen-bond donors (Lipinski definition) is 0. The quantitative estimate of drug-likeness (QED) is 0.782. The molecule has 1 amide bonds. The molecule has 0 aliphatic heterocycles. The van der Waals surface area contributed by atoms with Gasteiger partial charge in [-0.1, -0.05) is 21.9 Å². The number of halogens is 1. The van der Waals surface area contributed by atoms with Crippen LogP contribution in [0.5, 0.6) is 0 Å². The summed E-state index contributed by atoms with van der Waals surface area (Å²) in [6, 6.07) is 5.75. The molecule has 0 saturated heterocycles. The Morgan fingerprint density at radius 2 is 2.22 bits per heavy atom. The van der Waals surface area contributed by atoms with Crippen molar-refractivity contribution in [2.24, 2.45) is 5.92 Å². The van der Waals surface area contributed by atoms with Crippen molar-refractivity contribution in [3.63, 3.8) is 0 Å². The van der Waals surface area contributed by atoms with Crippen LogP contribution >= 0.6 is 15.9 Å². The smallest absolute Gasteiger partial charge is 0.254 e. The number of carbonyl (C=O) groups excluding carboxylic acids is 1. The molecule has 0 N–H and O–H groups in total. The van der Waals surface area contributed by atoms with Crippen LogP contribution in [0.15, 0.2) is 22.7 Å². The summed E-state index contributed by atoms with van der Waals surface area (Å²) in [5.74, 6) is 3.25. The van der Waals surface area contributed by atoms with E-state index < -0.39 is 0 Å². The molecule has 0 radical (unpaired) electrons. The average Bonchev–Trinajstić information content (AvgIpc) is 3.10. The molecule has 3 heteroatoms. The van der Waals surface area contributed by atoms with E-state index in [9.17, 15) is 4.79 Å². The minimum atomic E-state index is 0.0317. The number of amides is 1. The Hall–Kier alpha value is -1.27. The van der Waals surface area contributed by atoms with Crippen LogP contribution in [0, 0.1) is 25.2 Å². The fourth-order valence-corrected chi connectivity index (χ4v) is 2.59. The van der Waals surface area contributed by atoms with Gasteiger partial charge < -0.3 is 4.90 Å². The third kappa shape index (κ3) is 3.36. The largest absolute Gasteiger partial charge is 0.327 e. The number of terminal acetylenes is 1. The summed E-state index contributed by atoms with van der Waals surface area (Å²) in [7, 11) is 0. The van der Waals surface area contributed by atoms with E-state index in [0.29, 0.717) is 18.0 Å². The number of rotatable bonds is 4. The molecule has 94 valence electrons. The number of carbonyl (C=O) groups is 1. The van der Waals surface area contributed by atoms with E-state index >= 15 is 0 Å². The van der Waals surface area contributed by atoms with E-state index in [1.807, 2.05) is 25.1 Å². The Morgan fingerprint density at radius 1 is 1.50 bits per heavy atom. The van der Waals surface area contributed by atoms with Gasteiger partial charge in [0.05, 0.1) is 6.54 Å². The Balaban J connectivity index is 2.18. The number of benzene rings is 1. The number of nitrogens with zero attached hydrogens (tertiary/aromatic N) is 1. The topological polar surface area (TPSA) is 20.3 Å². The highest BCUT2D eigenvalue weighted by Crippen LogP contribution is 2.30. The fourth-order valence-electron chi connectivity index (χ4n) is 1.98. The van der Waals surface area contributed by atoms with Gasteiger partial charge in [0.15, 0.2) is 0 Å². The van der Waals surface area contributed by atoms with Crippen molar-refractivity contribution in [1.29, 1.82) is 0 Å². The molecule has 0 heterocycles. The average molecular weight is 306 g/mol. The van der Waals surface area contributed by atoms with Gasteiger partial charge in [-0.15, -0.1) is 6.42 Å². The van der Waals surface area contributed by atoms with E-state index in [2.05, 4.69) is 21.9 Å². The Bertz CT molecular complexity index is 479. The maximum Gasteiger partial charge on any atom is 0.254 e. The minimum absolute atomic E-state index is 0.0317. The van der Waals surface area contributed by atoms with Crippen molar-refractivity contribution in [3.8, 4) is 12.3 Å². The zero-order valence-electron chi connectivity index (χ0n) is 10.4. The van der Waals surface area contributed by atoms with Crippen LogP contribution in [0.4, 0.5) is 0 Å². The van der Waals surface area contributed by atoms with Crippen LogP contribution in [0.25, 0.3) is 0 Å². The van der Waals surface area contributed by atoms with Gasteiger partial charge in [-0.05, 0) is 49.4 Å². The van der Waals surface area contributed by atoms with Crippen molar-refractivity contribution in [1.82, 2.24) is 4.90 Å². The van der Waals surface area contributed by atoms with Gasteiger partial charge >= 0.3 is 0 Å². The summed E-state index contributed by atoms with van der Waals surface area (Å²) in [6.07, 6.45) is 7.78. The van der Waals surface area contributed by atoms with Gasteiger partial charge in [0.1, 0.15) is 0 Å². The Morgan fingerprint density at radius 3 is 2.78 bits per heavy atom. The zero-order chi connectivity index (χ0) is 13.1. The van der Waals surface area contributed by atoms with Crippen molar-refractivity contribution in [2.75, 3.05) is 13.1 Å². The lowest BCUT2D eigenvalue weighted by Gasteiger charge is -2.20. The van der Waals surface area contributed by atoms with Crippen LogP contribution in [-0.2, 0) is 0 Å². The second-order valence-corrected chi connectivity index (χ2v) is 5.77. The van der Waals surface area contributed by atoms with Gasteiger partial charge in [0.2, 0.25) is 0 Å². The summed E-state index contributed by atoms with van der Waals surface area (Å²) < 4.78 is 0.929. The van der Waals surface area contributed by atoms with Crippen molar-refractivity contribution in [2.45, 2.75) is 19.8 Å². The predicted octanol–water partition coefficient (Wildman–Crippen LogP) is 3.24. The second-order valence-electron chi connectivity index (χ2n) is 4.85. The third-order valence-electron chi connectivity index (χ3n) is 3.03. The normalized spacial score (nSPS) is 14.1. The molecule has 1 aromatic rings. The highest BCUT2D eigenvalue weighted by Gasteiger charge is 2.27. The molecular weight excluding hydrogens is 290 g/mol. The monoisotopic (exact) mass is 305 g/mol.